The van der Waals surface area contributed by atoms with E-state index < -0.39 is 0 Å². The van der Waals surface area contributed by atoms with Gasteiger partial charge in [0.25, 0.3) is 0 Å². The molecule has 0 aromatic carbocycles. The zero-order chi connectivity index (χ0) is 12.6. The Balaban J connectivity index is 2.10. The molecular formula is C12H23N5. The number of anilines is 2. The van der Waals surface area contributed by atoms with Crippen LogP contribution in [0.5, 0.6) is 0 Å². The van der Waals surface area contributed by atoms with Crippen LogP contribution in [0.3, 0.4) is 0 Å². The number of hydrogen-bond donors (Lipinski definition) is 1. The molecule has 1 aliphatic rings. The Morgan fingerprint density at radius 2 is 1.88 bits per heavy atom. The molecule has 1 saturated heterocycles. The van der Waals surface area contributed by atoms with Gasteiger partial charge in [0.2, 0.25) is 0 Å². The lowest BCUT2D eigenvalue weighted by atomic mass is 10.0. The molecule has 17 heavy (non-hydrogen) atoms. The smallest absolute Gasteiger partial charge is 0.150 e. The minimum Gasteiger partial charge on any atom is -0.394 e. The summed E-state index contributed by atoms with van der Waals surface area (Å²) >= 11 is 0. The molecule has 5 heteroatoms. The summed E-state index contributed by atoms with van der Waals surface area (Å²) in [4.78, 5) is 4.67. The maximum absolute atomic E-state index is 6.09. The van der Waals surface area contributed by atoms with Crippen LogP contribution < -0.4 is 10.6 Å². The van der Waals surface area contributed by atoms with Crippen LogP contribution >= 0.6 is 0 Å². The number of nitrogens with zero attached hydrogens (tertiary/aromatic N) is 4. The fourth-order valence-corrected chi connectivity index (χ4v) is 2.63. The highest BCUT2D eigenvalue weighted by Gasteiger charge is 2.24. The van der Waals surface area contributed by atoms with Crippen molar-refractivity contribution in [3.8, 4) is 0 Å². The van der Waals surface area contributed by atoms with Crippen molar-refractivity contribution in [3.63, 3.8) is 0 Å². The highest BCUT2D eigenvalue weighted by molar-refractivity contribution is 5.66. The molecule has 0 unspecified atom stereocenters. The molecule has 0 radical (unpaired) electrons. The third-order valence-corrected chi connectivity index (χ3v) is 3.73. The second kappa shape index (κ2) is 4.56. The van der Waals surface area contributed by atoms with E-state index in [4.69, 9.17) is 5.73 Å². The Kier molecular flexibility index (Phi) is 3.28. The maximum atomic E-state index is 6.09. The molecule has 1 aromatic rings. The van der Waals surface area contributed by atoms with E-state index in [9.17, 15) is 0 Å². The van der Waals surface area contributed by atoms with E-state index in [-0.39, 0.29) is 0 Å². The van der Waals surface area contributed by atoms with Crippen LogP contribution in [0, 0.1) is 6.92 Å². The van der Waals surface area contributed by atoms with Gasteiger partial charge in [-0.1, -0.05) is 0 Å². The molecule has 0 bridgehead atoms. The van der Waals surface area contributed by atoms with Gasteiger partial charge in [-0.25, -0.2) is 0 Å². The van der Waals surface area contributed by atoms with E-state index in [1.54, 1.807) is 0 Å². The van der Waals surface area contributed by atoms with Crippen molar-refractivity contribution in [2.45, 2.75) is 25.8 Å². The van der Waals surface area contributed by atoms with Crippen molar-refractivity contribution in [2.24, 2.45) is 7.05 Å². The van der Waals surface area contributed by atoms with Crippen LogP contribution in [-0.2, 0) is 7.05 Å². The van der Waals surface area contributed by atoms with E-state index in [1.807, 2.05) is 18.7 Å². The topological polar surface area (TPSA) is 50.3 Å². The van der Waals surface area contributed by atoms with E-state index in [1.165, 1.54) is 12.8 Å². The lowest BCUT2D eigenvalue weighted by molar-refractivity contribution is 0.249. The number of nitrogen functional groups attached to an aromatic ring is 1. The van der Waals surface area contributed by atoms with E-state index in [0.29, 0.717) is 6.04 Å². The fraction of sp³-hybridized carbons (Fsp3) is 0.750. The van der Waals surface area contributed by atoms with Crippen LogP contribution in [0.25, 0.3) is 0 Å². The van der Waals surface area contributed by atoms with Gasteiger partial charge < -0.3 is 15.5 Å². The molecule has 1 aliphatic heterocycles. The van der Waals surface area contributed by atoms with Gasteiger partial charge in [-0.05, 0) is 33.9 Å². The summed E-state index contributed by atoms with van der Waals surface area (Å²) in [6, 6.07) is 0.696. The maximum Gasteiger partial charge on any atom is 0.150 e. The summed E-state index contributed by atoms with van der Waals surface area (Å²) in [6.45, 7) is 4.09. The fourth-order valence-electron chi connectivity index (χ4n) is 2.63. The van der Waals surface area contributed by atoms with Crippen molar-refractivity contribution in [2.75, 3.05) is 37.8 Å². The number of nitrogens with two attached hydrogens (primary N) is 1. The van der Waals surface area contributed by atoms with Crippen LogP contribution in [0.4, 0.5) is 11.5 Å². The Bertz CT molecular complexity index is 388. The largest absolute Gasteiger partial charge is 0.394 e. The first kappa shape index (κ1) is 12.2. The zero-order valence-corrected chi connectivity index (χ0v) is 11.3. The lowest BCUT2D eigenvalue weighted by Gasteiger charge is -2.36. The molecule has 0 spiro atoms. The monoisotopic (exact) mass is 237 g/mol. The predicted octanol–water partition coefficient (Wildman–Crippen LogP) is 0.841. The van der Waals surface area contributed by atoms with E-state index >= 15 is 0 Å². The zero-order valence-electron chi connectivity index (χ0n) is 11.3. The van der Waals surface area contributed by atoms with Gasteiger partial charge in [-0.3, -0.25) is 4.68 Å². The Morgan fingerprint density at radius 3 is 2.29 bits per heavy atom. The van der Waals surface area contributed by atoms with Crippen LogP contribution in [0.2, 0.25) is 0 Å². The third-order valence-electron chi connectivity index (χ3n) is 3.73. The van der Waals surface area contributed by atoms with Crippen molar-refractivity contribution in [1.29, 1.82) is 0 Å². The van der Waals surface area contributed by atoms with Crippen molar-refractivity contribution < 1.29 is 0 Å². The van der Waals surface area contributed by atoms with Crippen molar-refractivity contribution in [1.82, 2.24) is 14.7 Å². The first-order valence-corrected chi connectivity index (χ1v) is 6.21. The average Bonchev–Trinajstić information content (AvgIpc) is 2.53. The molecule has 0 amide bonds. The Labute approximate surface area is 103 Å². The summed E-state index contributed by atoms with van der Waals surface area (Å²) < 4.78 is 1.90. The number of aromatic nitrogens is 2. The Morgan fingerprint density at radius 1 is 1.29 bits per heavy atom. The van der Waals surface area contributed by atoms with Crippen molar-refractivity contribution in [3.05, 3.63) is 5.69 Å². The van der Waals surface area contributed by atoms with Crippen LogP contribution in [0.1, 0.15) is 18.5 Å². The van der Waals surface area contributed by atoms with Gasteiger partial charge in [0.15, 0.2) is 0 Å². The number of hydrogen-bond acceptors (Lipinski definition) is 4. The first-order valence-electron chi connectivity index (χ1n) is 6.21. The van der Waals surface area contributed by atoms with Gasteiger partial charge in [0.1, 0.15) is 5.82 Å². The number of aryl methyl sites for hydroxylation is 2. The molecule has 2 N–H and O–H groups in total. The number of rotatable bonds is 2. The minimum atomic E-state index is 0.696. The lowest BCUT2D eigenvalue weighted by Crippen LogP contribution is -2.42. The summed E-state index contributed by atoms with van der Waals surface area (Å²) in [6.07, 6.45) is 2.38. The van der Waals surface area contributed by atoms with Gasteiger partial charge in [-0.2, -0.15) is 5.10 Å². The molecule has 96 valence electrons. The molecule has 5 nitrogen and oxygen atoms in total. The minimum absolute atomic E-state index is 0.696. The predicted molar refractivity (Wildman–Crippen MR) is 71.3 cm³/mol. The normalized spacial score (nSPS) is 18.1. The second-order valence-electron chi connectivity index (χ2n) is 5.13. The Hall–Kier alpha value is -1.23. The third kappa shape index (κ3) is 2.24. The van der Waals surface area contributed by atoms with E-state index in [2.05, 4.69) is 29.0 Å². The molecule has 1 fully saturated rings. The highest BCUT2D eigenvalue weighted by Crippen LogP contribution is 2.28. The number of piperidine rings is 1. The van der Waals surface area contributed by atoms with Gasteiger partial charge in [0.05, 0.1) is 11.4 Å². The molecule has 0 aliphatic carbocycles. The highest BCUT2D eigenvalue weighted by atomic mass is 15.4. The summed E-state index contributed by atoms with van der Waals surface area (Å²) in [7, 11) is 6.28. The standard InChI is InChI=1S/C12H23N5/c1-9-11(13)12(16(4)14-9)17-7-5-10(6-8-17)15(2)3/h10H,5-8,13H2,1-4H3. The SMILES string of the molecule is Cc1nn(C)c(N2CCC(N(C)C)CC2)c1N. The molecule has 1 aromatic heterocycles. The first-order chi connectivity index (χ1) is 8.00. The summed E-state index contributed by atoms with van der Waals surface area (Å²) in [5.74, 6) is 1.08. The van der Waals surface area contributed by atoms with Crippen LogP contribution in [0.15, 0.2) is 0 Å². The van der Waals surface area contributed by atoms with Gasteiger partial charge in [0, 0.05) is 26.2 Å². The molecular weight excluding hydrogens is 214 g/mol. The molecule has 0 atom stereocenters. The molecule has 0 saturated carbocycles. The summed E-state index contributed by atoms with van der Waals surface area (Å²) in [5, 5.41) is 4.38. The average molecular weight is 237 g/mol. The summed E-state index contributed by atoms with van der Waals surface area (Å²) in [5.41, 5.74) is 7.85. The van der Waals surface area contributed by atoms with Gasteiger partial charge in [-0.15, -0.1) is 0 Å². The quantitative estimate of drug-likeness (QED) is 0.828. The second-order valence-corrected chi connectivity index (χ2v) is 5.13. The molecule has 2 rings (SSSR count). The molecule has 2 heterocycles. The van der Waals surface area contributed by atoms with Crippen molar-refractivity contribution >= 4 is 11.5 Å². The van der Waals surface area contributed by atoms with Crippen LogP contribution in [-0.4, -0.2) is 47.9 Å². The van der Waals surface area contributed by atoms with E-state index in [0.717, 1.165) is 30.3 Å². The van der Waals surface area contributed by atoms with Gasteiger partial charge >= 0.3 is 0 Å².